The summed E-state index contributed by atoms with van der Waals surface area (Å²) in [7, 11) is 0. The normalized spacial score (nSPS) is 12.8. The molecule has 120 valence electrons. The topological polar surface area (TPSA) is 87.7 Å². The van der Waals surface area contributed by atoms with Gasteiger partial charge < -0.3 is 16.5 Å². The molecule has 0 aliphatic carbocycles. The van der Waals surface area contributed by atoms with Crippen LogP contribution >= 0.6 is 0 Å². The fourth-order valence-electron chi connectivity index (χ4n) is 2.53. The molecule has 4 N–H and O–H groups in total. The Kier molecular flexibility index (Phi) is 4.52. The van der Waals surface area contributed by atoms with Gasteiger partial charge >= 0.3 is 0 Å². The molecule has 0 unspecified atom stereocenters. The fourth-order valence-corrected chi connectivity index (χ4v) is 2.53. The molecule has 24 heavy (non-hydrogen) atoms. The maximum atomic E-state index is 7.38. The second kappa shape index (κ2) is 6.91. The van der Waals surface area contributed by atoms with Crippen LogP contribution in [0.15, 0.2) is 60.9 Å². The summed E-state index contributed by atoms with van der Waals surface area (Å²) in [5, 5.41) is 10.7. The van der Waals surface area contributed by atoms with Crippen LogP contribution in [0.3, 0.4) is 0 Å². The van der Waals surface area contributed by atoms with Gasteiger partial charge in [0, 0.05) is 24.0 Å². The summed E-state index contributed by atoms with van der Waals surface area (Å²) in [6, 6.07) is 16.0. The molecule has 3 rings (SSSR count). The van der Waals surface area contributed by atoms with Crippen LogP contribution in [0.1, 0.15) is 24.1 Å². The van der Waals surface area contributed by atoms with E-state index in [2.05, 4.69) is 34.3 Å². The van der Waals surface area contributed by atoms with E-state index in [4.69, 9.17) is 11.1 Å². The molecule has 0 saturated carbocycles. The van der Waals surface area contributed by atoms with Crippen LogP contribution in [0, 0.1) is 5.41 Å². The number of nitrogens with zero attached hydrogens (tertiary/aromatic N) is 2. The van der Waals surface area contributed by atoms with Crippen molar-refractivity contribution in [1.82, 2.24) is 9.97 Å². The van der Waals surface area contributed by atoms with Gasteiger partial charge in [0.1, 0.15) is 5.82 Å². The van der Waals surface area contributed by atoms with Crippen LogP contribution in [0.5, 0.6) is 0 Å². The van der Waals surface area contributed by atoms with E-state index < -0.39 is 0 Å². The molecule has 2 aromatic carbocycles. The Bertz CT molecular complexity index is 887. The number of anilines is 1. The van der Waals surface area contributed by atoms with Crippen molar-refractivity contribution in [3.63, 3.8) is 0 Å². The molecular weight excluding hydrogens is 298 g/mol. The monoisotopic (exact) mass is 317 g/mol. The summed E-state index contributed by atoms with van der Waals surface area (Å²) in [4.78, 5) is 9.08. The van der Waals surface area contributed by atoms with Crippen LogP contribution in [0.2, 0.25) is 0 Å². The van der Waals surface area contributed by atoms with Gasteiger partial charge in [0.05, 0.1) is 17.2 Å². The summed E-state index contributed by atoms with van der Waals surface area (Å²) >= 11 is 0. The largest absolute Gasteiger partial charge is 0.404 e. The molecule has 1 atom stereocenters. The van der Waals surface area contributed by atoms with E-state index in [-0.39, 0.29) is 6.04 Å². The molecule has 1 heterocycles. The van der Waals surface area contributed by atoms with Gasteiger partial charge in [-0.15, -0.1) is 0 Å². The van der Waals surface area contributed by atoms with Gasteiger partial charge in [-0.25, -0.2) is 4.98 Å². The van der Waals surface area contributed by atoms with E-state index in [0.717, 1.165) is 22.4 Å². The number of rotatable bonds is 5. The quantitative estimate of drug-likeness (QED) is 0.625. The number of allylic oxidation sites excluding steroid dienone is 1. The highest BCUT2D eigenvalue weighted by atomic mass is 15.0. The highest BCUT2D eigenvalue weighted by Crippen LogP contribution is 2.21. The number of fused-ring (bicyclic) bond motifs is 1. The fraction of sp³-hybridized carbons (Fsp3) is 0.105. The van der Waals surface area contributed by atoms with Gasteiger partial charge in [0.25, 0.3) is 0 Å². The molecule has 0 aliphatic rings. The molecule has 3 aromatic rings. The van der Waals surface area contributed by atoms with Crippen molar-refractivity contribution >= 4 is 28.6 Å². The zero-order valence-electron chi connectivity index (χ0n) is 13.4. The molecule has 0 fully saturated rings. The minimum Gasteiger partial charge on any atom is -0.404 e. The molecule has 0 radical (unpaired) electrons. The van der Waals surface area contributed by atoms with Crippen LogP contribution in [0.25, 0.3) is 16.6 Å². The Morgan fingerprint density at radius 1 is 1.17 bits per heavy atom. The Morgan fingerprint density at radius 2 is 1.96 bits per heavy atom. The highest BCUT2D eigenvalue weighted by molar-refractivity contribution is 6.08. The lowest BCUT2D eigenvalue weighted by Crippen LogP contribution is -2.08. The molecule has 1 aromatic heterocycles. The number of aromatic nitrogens is 2. The second-order valence-corrected chi connectivity index (χ2v) is 5.50. The molecule has 0 aliphatic heterocycles. The second-order valence-electron chi connectivity index (χ2n) is 5.50. The number of hydrogen-bond acceptors (Lipinski definition) is 5. The predicted octanol–water partition coefficient (Wildman–Crippen LogP) is 3.75. The lowest BCUT2D eigenvalue weighted by atomic mass is 10.1. The maximum absolute atomic E-state index is 7.38. The van der Waals surface area contributed by atoms with Gasteiger partial charge in [-0.2, -0.15) is 0 Å². The molecule has 0 saturated heterocycles. The van der Waals surface area contributed by atoms with Crippen molar-refractivity contribution in [3.8, 4) is 0 Å². The standard InChI is InChI=1S/C19H19N5/c1-13(14-5-3-2-4-6-14)23-19-12-22-18-9-15(16(10-20)11-21)7-8-17(18)24-19/h2-13,20H,21H2,1H3,(H,23,24)/b16-11+,20-10?/t13-/m1/s1. The van der Waals surface area contributed by atoms with E-state index in [1.54, 1.807) is 6.20 Å². The number of benzene rings is 2. The average Bonchev–Trinajstić information content (AvgIpc) is 2.63. The SMILES string of the molecule is C[C@@H](Nc1cnc2cc(/C(C=N)=C/N)ccc2n1)c1ccccc1. The third-order valence-electron chi connectivity index (χ3n) is 3.87. The Balaban J connectivity index is 1.87. The summed E-state index contributed by atoms with van der Waals surface area (Å²) in [6.07, 6.45) is 4.37. The van der Waals surface area contributed by atoms with Gasteiger partial charge in [-0.1, -0.05) is 36.4 Å². The van der Waals surface area contributed by atoms with Crippen molar-refractivity contribution in [3.05, 3.63) is 72.1 Å². The van der Waals surface area contributed by atoms with Crippen molar-refractivity contribution in [1.29, 1.82) is 5.41 Å². The minimum atomic E-state index is 0.141. The first-order valence-corrected chi connectivity index (χ1v) is 7.72. The van der Waals surface area contributed by atoms with Crippen molar-refractivity contribution < 1.29 is 0 Å². The van der Waals surface area contributed by atoms with Crippen molar-refractivity contribution in [2.75, 3.05) is 5.32 Å². The Labute approximate surface area is 140 Å². The maximum Gasteiger partial charge on any atom is 0.145 e. The predicted molar refractivity (Wildman–Crippen MR) is 99.0 cm³/mol. The first kappa shape index (κ1) is 15.7. The molecule has 0 bridgehead atoms. The molecule has 5 heteroatoms. The van der Waals surface area contributed by atoms with Crippen LogP contribution < -0.4 is 11.1 Å². The van der Waals surface area contributed by atoms with E-state index >= 15 is 0 Å². The number of nitrogens with one attached hydrogen (secondary N) is 2. The van der Waals surface area contributed by atoms with E-state index in [1.807, 2.05) is 36.4 Å². The van der Waals surface area contributed by atoms with Gasteiger partial charge in [0.2, 0.25) is 0 Å². The molecule has 0 amide bonds. The third-order valence-corrected chi connectivity index (χ3v) is 3.87. The smallest absolute Gasteiger partial charge is 0.145 e. The molecule has 0 spiro atoms. The summed E-state index contributed by atoms with van der Waals surface area (Å²) in [5.41, 5.74) is 9.80. The van der Waals surface area contributed by atoms with Crippen LogP contribution in [-0.4, -0.2) is 16.2 Å². The van der Waals surface area contributed by atoms with E-state index in [9.17, 15) is 0 Å². The number of nitrogens with two attached hydrogens (primary N) is 1. The zero-order valence-corrected chi connectivity index (χ0v) is 13.4. The lowest BCUT2D eigenvalue weighted by Gasteiger charge is -2.15. The first-order valence-electron chi connectivity index (χ1n) is 7.72. The minimum absolute atomic E-state index is 0.141. The van der Waals surface area contributed by atoms with Crippen molar-refractivity contribution in [2.24, 2.45) is 5.73 Å². The summed E-state index contributed by atoms with van der Waals surface area (Å²) < 4.78 is 0. The zero-order chi connectivity index (χ0) is 16.9. The molecule has 5 nitrogen and oxygen atoms in total. The van der Waals surface area contributed by atoms with Crippen LogP contribution in [0.4, 0.5) is 5.82 Å². The Hall–Kier alpha value is -3.21. The number of hydrogen-bond donors (Lipinski definition) is 3. The first-order chi connectivity index (χ1) is 11.7. The van der Waals surface area contributed by atoms with Gasteiger partial charge in [-0.05, 0) is 30.2 Å². The Morgan fingerprint density at radius 3 is 2.67 bits per heavy atom. The highest BCUT2D eigenvalue weighted by Gasteiger charge is 2.07. The van der Waals surface area contributed by atoms with Crippen LogP contribution in [-0.2, 0) is 0 Å². The van der Waals surface area contributed by atoms with Crippen molar-refractivity contribution in [2.45, 2.75) is 13.0 Å². The van der Waals surface area contributed by atoms with E-state index in [0.29, 0.717) is 5.57 Å². The summed E-state index contributed by atoms with van der Waals surface area (Å²) in [5.74, 6) is 0.730. The summed E-state index contributed by atoms with van der Waals surface area (Å²) in [6.45, 7) is 2.09. The van der Waals surface area contributed by atoms with E-state index in [1.165, 1.54) is 18.0 Å². The average molecular weight is 317 g/mol. The lowest BCUT2D eigenvalue weighted by molar-refractivity contribution is 0.874. The third kappa shape index (κ3) is 3.25. The van der Waals surface area contributed by atoms with Gasteiger partial charge in [-0.3, -0.25) is 4.98 Å². The molecular formula is C19H19N5. The van der Waals surface area contributed by atoms with Gasteiger partial charge in [0.15, 0.2) is 0 Å².